The maximum absolute atomic E-state index is 9.68. The summed E-state index contributed by atoms with van der Waals surface area (Å²) in [4.78, 5) is 8.93. The monoisotopic (exact) mass is 298 g/mol. The Morgan fingerprint density at radius 3 is 3.05 bits per heavy atom. The SMILES string of the molecule is COCC(O)CN(C)Cc1cnc(-c2cccs2)s1. The zero-order valence-electron chi connectivity index (χ0n) is 11.1. The van der Waals surface area contributed by atoms with Gasteiger partial charge in [-0.25, -0.2) is 4.98 Å². The quantitative estimate of drug-likeness (QED) is 0.852. The van der Waals surface area contributed by atoms with Crippen molar-refractivity contribution in [2.75, 3.05) is 27.3 Å². The summed E-state index contributed by atoms with van der Waals surface area (Å²) in [5, 5.41) is 12.8. The van der Waals surface area contributed by atoms with Crippen LogP contribution in [0, 0.1) is 0 Å². The summed E-state index contributed by atoms with van der Waals surface area (Å²) >= 11 is 3.41. The first-order valence-corrected chi connectivity index (χ1v) is 7.72. The molecule has 1 atom stereocenters. The fraction of sp³-hybridized carbons (Fsp3) is 0.462. The molecule has 1 unspecified atom stereocenters. The normalized spacial score (nSPS) is 13.1. The highest BCUT2D eigenvalue weighted by Gasteiger charge is 2.11. The lowest BCUT2D eigenvalue weighted by atomic mass is 10.3. The molecule has 0 fully saturated rings. The van der Waals surface area contributed by atoms with Crippen LogP contribution < -0.4 is 0 Å². The first-order chi connectivity index (χ1) is 9.19. The van der Waals surface area contributed by atoms with E-state index in [0.717, 1.165) is 11.6 Å². The Balaban J connectivity index is 1.89. The number of rotatable bonds is 7. The van der Waals surface area contributed by atoms with Crippen LogP contribution in [-0.4, -0.2) is 48.4 Å². The Morgan fingerprint density at radius 2 is 2.37 bits per heavy atom. The van der Waals surface area contributed by atoms with E-state index in [4.69, 9.17) is 4.74 Å². The largest absolute Gasteiger partial charge is 0.389 e. The number of ether oxygens (including phenoxy) is 1. The van der Waals surface area contributed by atoms with Gasteiger partial charge in [0.05, 0.1) is 17.6 Å². The Kier molecular flexibility index (Phi) is 5.47. The van der Waals surface area contributed by atoms with Gasteiger partial charge in [-0.3, -0.25) is 4.90 Å². The number of thiophene rings is 1. The van der Waals surface area contributed by atoms with Gasteiger partial charge in [0, 0.05) is 31.3 Å². The lowest BCUT2D eigenvalue weighted by Crippen LogP contribution is -2.31. The molecule has 2 heterocycles. The van der Waals surface area contributed by atoms with Crippen LogP contribution in [0.1, 0.15) is 4.88 Å². The lowest BCUT2D eigenvalue weighted by molar-refractivity contribution is 0.0420. The Labute approximate surface area is 121 Å². The molecule has 0 saturated heterocycles. The smallest absolute Gasteiger partial charge is 0.133 e. The third kappa shape index (κ3) is 4.36. The van der Waals surface area contributed by atoms with Gasteiger partial charge in [0.2, 0.25) is 0 Å². The van der Waals surface area contributed by atoms with Gasteiger partial charge < -0.3 is 9.84 Å². The van der Waals surface area contributed by atoms with Gasteiger partial charge in [0.25, 0.3) is 0 Å². The number of aliphatic hydroxyl groups is 1. The highest BCUT2D eigenvalue weighted by atomic mass is 32.1. The fourth-order valence-electron chi connectivity index (χ4n) is 1.83. The molecule has 2 aromatic heterocycles. The molecule has 0 aliphatic rings. The third-order valence-corrected chi connectivity index (χ3v) is 4.61. The summed E-state index contributed by atoms with van der Waals surface area (Å²) in [6.07, 6.45) is 1.47. The van der Waals surface area contributed by atoms with Crippen molar-refractivity contribution in [2.45, 2.75) is 12.6 Å². The minimum Gasteiger partial charge on any atom is -0.389 e. The maximum atomic E-state index is 9.68. The van der Waals surface area contributed by atoms with E-state index in [-0.39, 0.29) is 0 Å². The molecular weight excluding hydrogens is 280 g/mol. The molecule has 0 aliphatic carbocycles. The molecule has 0 amide bonds. The number of hydrogen-bond donors (Lipinski definition) is 1. The molecule has 0 aliphatic heterocycles. The minimum absolute atomic E-state index is 0.369. The molecule has 6 heteroatoms. The van der Waals surface area contributed by atoms with Crippen LogP contribution in [0.15, 0.2) is 23.7 Å². The third-order valence-electron chi connectivity index (χ3n) is 2.59. The van der Waals surface area contributed by atoms with Crippen LogP contribution in [-0.2, 0) is 11.3 Å². The zero-order chi connectivity index (χ0) is 13.7. The summed E-state index contributed by atoms with van der Waals surface area (Å²) in [6.45, 7) is 1.76. The zero-order valence-corrected chi connectivity index (χ0v) is 12.7. The molecule has 0 aromatic carbocycles. The summed E-state index contributed by atoms with van der Waals surface area (Å²) in [5.74, 6) is 0. The van der Waals surface area contributed by atoms with Crippen LogP contribution in [0.5, 0.6) is 0 Å². The average Bonchev–Trinajstić information content (AvgIpc) is 2.98. The van der Waals surface area contributed by atoms with Crippen molar-refractivity contribution < 1.29 is 9.84 Å². The van der Waals surface area contributed by atoms with E-state index in [2.05, 4.69) is 21.3 Å². The lowest BCUT2D eigenvalue weighted by Gasteiger charge is -2.18. The van der Waals surface area contributed by atoms with Crippen LogP contribution in [0.3, 0.4) is 0 Å². The fourth-order valence-corrected chi connectivity index (χ4v) is 3.63. The van der Waals surface area contributed by atoms with Gasteiger partial charge in [-0.05, 0) is 18.5 Å². The van der Waals surface area contributed by atoms with E-state index >= 15 is 0 Å². The topological polar surface area (TPSA) is 45.6 Å². The molecule has 4 nitrogen and oxygen atoms in total. The van der Waals surface area contributed by atoms with Crippen LogP contribution >= 0.6 is 22.7 Å². The Hall–Kier alpha value is -0.790. The number of thiazole rings is 1. The molecule has 2 rings (SSSR count). The number of likely N-dealkylation sites (N-methyl/N-ethyl adjacent to an activating group) is 1. The van der Waals surface area contributed by atoms with Crippen LogP contribution in [0.2, 0.25) is 0 Å². The Morgan fingerprint density at radius 1 is 1.53 bits per heavy atom. The maximum Gasteiger partial charge on any atom is 0.133 e. The second kappa shape index (κ2) is 7.12. The average molecular weight is 298 g/mol. The predicted octanol–water partition coefficient (Wildman–Crippen LogP) is 2.31. The molecule has 0 radical (unpaired) electrons. The molecule has 0 bridgehead atoms. The predicted molar refractivity (Wildman–Crippen MR) is 79.6 cm³/mol. The van der Waals surface area contributed by atoms with Crippen molar-refractivity contribution in [1.82, 2.24) is 9.88 Å². The van der Waals surface area contributed by atoms with Gasteiger partial charge in [-0.2, -0.15) is 0 Å². The number of aliphatic hydroxyl groups excluding tert-OH is 1. The van der Waals surface area contributed by atoms with Crippen molar-refractivity contribution in [1.29, 1.82) is 0 Å². The number of aromatic nitrogens is 1. The molecule has 1 N–H and O–H groups in total. The number of nitrogens with zero attached hydrogens (tertiary/aromatic N) is 2. The Bertz CT molecular complexity index is 485. The van der Waals surface area contributed by atoms with Gasteiger partial charge in [0.15, 0.2) is 0 Å². The van der Waals surface area contributed by atoms with E-state index in [9.17, 15) is 5.11 Å². The first-order valence-electron chi connectivity index (χ1n) is 6.03. The highest BCUT2D eigenvalue weighted by molar-refractivity contribution is 7.20. The molecular formula is C13H18N2O2S2. The standard InChI is InChI=1S/C13H18N2O2S2/c1-15(7-10(16)9-17-2)8-11-6-14-13(19-11)12-4-3-5-18-12/h3-6,10,16H,7-9H2,1-2H3. The molecule has 104 valence electrons. The van der Waals surface area contributed by atoms with E-state index in [0.29, 0.717) is 13.2 Å². The van der Waals surface area contributed by atoms with Gasteiger partial charge in [0.1, 0.15) is 5.01 Å². The van der Waals surface area contributed by atoms with Crippen molar-refractivity contribution >= 4 is 22.7 Å². The van der Waals surface area contributed by atoms with Crippen molar-refractivity contribution in [3.63, 3.8) is 0 Å². The van der Waals surface area contributed by atoms with Crippen molar-refractivity contribution in [2.24, 2.45) is 0 Å². The van der Waals surface area contributed by atoms with Crippen molar-refractivity contribution in [3.05, 3.63) is 28.6 Å². The van der Waals surface area contributed by atoms with E-state index in [1.54, 1.807) is 29.8 Å². The molecule has 19 heavy (non-hydrogen) atoms. The van der Waals surface area contributed by atoms with E-state index in [1.807, 2.05) is 19.3 Å². The summed E-state index contributed by atoms with van der Waals surface area (Å²) in [7, 11) is 3.59. The number of methoxy groups -OCH3 is 1. The summed E-state index contributed by atoms with van der Waals surface area (Å²) in [5.41, 5.74) is 0. The van der Waals surface area contributed by atoms with Gasteiger partial charge >= 0.3 is 0 Å². The summed E-state index contributed by atoms with van der Waals surface area (Å²) < 4.78 is 4.92. The minimum atomic E-state index is -0.445. The van der Waals surface area contributed by atoms with E-state index < -0.39 is 6.10 Å². The van der Waals surface area contributed by atoms with Crippen molar-refractivity contribution in [3.8, 4) is 9.88 Å². The molecule has 0 saturated carbocycles. The van der Waals surface area contributed by atoms with E-state index in [1.165, 1.54) is 9.75 Å². The second-order valence-electron chi connectivity index (χ2n) is 4.41. The molecule has 0 spiro atoms. The number of hydrogen-bond acceptors (Lipinski definition) is 6. The van der Waals surface area contributed by atoms with Crippen LogP contribution in [0.25, 0.3) is 9.88 Å². The first kappa shape index (κ1) is 14.6. The summed E-state index contributed by atoms with van der Waals surface area (Å²) in [6, 6.07) is 4.12. The van der Waals surface area contributed by atoms with Gasteiger partial charge in [-0.15, -0.1) is 22.7 Å². The van der Waals surface area contributed by atoms with Crippen LogP contribution in [0.4, 0.5) is 0 Å². The highest BCUT2D eigenvalue weighted by Crippen LogP contribution is 2.29. The molecule has 2 aromatic rings. The second-order valence-corrected chi connectivity index (χ2v) is 6.48. The van der Waals surface area contributed by atoms with Gasteiger partial charge in [-0.1, -0.05) is 6.07 Å².